The van der Waals surface area contributed by atoms with Crippen molar-refractivity contribution < 1.29 is 24.2 Å². The molecule has 0 spiro atoms. The standard InChI is InChI=1S/C9H12O5/c1-13-9(12)7-5-3-2-4(14-5)6(7)8(10)11/h4-7H,2-3H2,1H3,(H,10,11)/t4-,5+,6-,7+/m1/s1. The van der Waals surface area contributed by atoms with Gasteiger partial charge in [-0.1, -0.05) is 0 Å². The summed E-state index contributed by atoms with van der Waals surface area (Å²) in [6, 6.07) is 0. The quantitative estimate of drug-likeness (QED) is 0.637. The normalized spacial score (nSPS) is 39.8. The molecule has 2 aliphatic rings. The van der Waals surface area contributed by atoms with Gasteiger partial charge in [0.15, 0.2) is 0 Å². The summed E-state index contributed by atoms with van der Waals surface area (Å²) < 4.78 is 9.98. The first-order chi connectivity index (χ1) is 6.65. The predicted octanol–water partition coefficient (Wildman–Crippen LogP) is 0.0376. The molecule has 2 heterocycles. The highest BCUT2D eigenvalue weighted by molar-refractivity contribution is 5.83. The van der Waals surface area contributed by atoms with Crippen LogP contribution in [0.3, 0.4) is 0 Å². The summed E-state index contributed by atoms with van der Waals surface area (Å²) in [5, 5.41) is 8.96. The van der Waals surface area contributed by atoms with Crippen molar-refractivity contribution in [1.29, 1.82) is 0 Å². The Labute approximate surface area is 81.0 Å². The molecule has 0 radical (unpaired) electrons. The second-order valence-electron chi connectivity index (χ2n) is 3.70. The maximum absolute atomic E-state index is 11.4. The lowest BCUT2D eigenvalue weighted by atomic mass is 9.79. The molecule has 5 nitrogen and oxygen atoms in total. The molecule has 0 aromatic heterocycles. The van der Waals surface area contributed by atoms with Gasteiger partial charge in [-0.25, -0.2) is 0 Å². The first kappa shape index (κ1) is 9.45. The van der Waals surface area contributed by atoms with Crippen molar-refractivity contribution in [1.82, 2.24) is 0 Å². The Bertz CT molecular complexity index is 274. The average Bonchev–Trinajstić information content (AvgIpc) is 2.74. The van der Waals surface area contributed by atoms with E-state index in [-0.39, 0.29) is 12.2 Å². The molecule has 1 N–H and O–H groups in total. The Kier molecular flexibility index (Phi) is 2.19. The summed E-state index contributed by atoms with van der Waals surface area (Å²) >= 11 is 0. The molecule has 0 saturated carbocycles. The zero-order valence-electron chi connectivity index (χ0n) is 7.80. The van der Waals surface area contributed by atoms with Gasteiger partial charge in [-0.3, -0.25) is 9.59 Å². The van der Waals surface area contributed by atoms with E-state index in [1.54, 1.807) is 0 Å². The maximum Gasteiger partial charge on any atom is 0.312 e. The summed E-state index contributed by atoms with van der Waals surface area (Å²) in [6.07, 6.45) is 0.929. The summed E-state index contributed by atoms with van der Waals surface area (Å²) in [5.41, 5.74) is 0. The molecule has 2 aliphatic heterocycles. The smallest absolute Gasteiger partial charge is 0.312 e. The van der Waals surface area contributed by atoms with E-state index in [0.717, 1.165) is 12.8 Å². The average molecular weight is 200 g/mol. The van der Waals surface area contributed by atoms with Gasteiger partial charge in [0.2, 0.25) is 0 Å². The molecule has 0 unspecified atom stereocenters. The molecule has 2 bridgehead atoms. The van der Waals surface area contributed by atoms with Crippen molar-refractivity contribution in [3.63, 3.8) is 0 Å². The Balaban J connectivity index is 2.21. The molecule has 0 aromatic carbocycles. The van der Waals surface area contributed by atoms with E-state index in [1.165, 1.54) is 7.11 Å². The van der Waals surface area contributed by atoms with Gasteiger partial charge in [-0.15, -0.1) is 0 Å². The fraction of sp³-hybridized carbons (Fsp3) is 0.778. The van der Waals surface area contributed by atoms with Crippen molar-refractivity contribution in [3.8, 4) is 0 Å². The number of carboxylic acids is 1. The molecule has 2 rings (SSSR count). The second kappa shape index (κ2) is 3.24. The number of ether oxygens (including phenoxy) is 2. The monoisotopic (exact) mass is 200 g/mol. The van der Waals surface area contributed by atoms with Gasteiger partial charge < -0.3 is 14.6 Å². The molecule has 0 aliphatic carbocycles. The van der Waals surface area contributed by atoms with Crippen LogP contribution in [0.25, 0.3) is 0 Å². The van der Waals surface area contributed by atoms with Crippen LogP contribution >= 0.6 is 0 Å². The van der Waals surface area contributed by atoms with Gasteiger partial charge in [0.1, 0.15) is 0 Å². The number of carbonyl (C=O) groups excluding carboxylic acids is 1. The molecule has 78 valence electrons. The Morgan fingerprint density at radius 3 is 2.36 bits per heavy atom. The highest BCUT2D eigenvalue weighted by Gasteiger charge is 2.56. The van der Waals surface area contributed by atoms with E-state index in [0.29, 0.717) is 0 Å². The summed E-state index contributed by atoms with van der Waals surface area (Å²) in [7, 11) is 1.27. The minimum atomic E-state index is -0.965. The van der Waals surface area contributed by atoms with E-state index in [4.69, 9.17) is 9.84 Å². The number of methoxy groups -OCH3 is 1. The Hall–Kier alpha value is -1.10. The minimum absolute atomic E-state index is 0.256. The number of hydrogen-bond donors (Lipinski definition) is 1. The van der Waals surface area contributed by atoms with Crippen LogP contribution in [0.2, 0.25) is 0 Å². The number of hydrogen-bond acceptors (Lipinski definition) is 4. The van der Waals surface area contributed by atoms with Crippen LogP contribution < -0.4 is 0 Å². The van der Waals surface area contributed by atoms with Gasteiger partial charge >= 0.3 is 11.9 Å². The van der Waals surface area contributed by atoms with Crippen molar-refractivity contribution in [2.75, 3.05) is 7.11 Å². The molecular weight excluding hydrogens is 188 g/mol. The SMILES string of the molecule is COC(=O)[C@@H]1[C@H](C(=O)O)[C@H]2CC[C@@H]1O2. The van der Waals surface area contributed by atoms with Crippen LogP contribution in [-0.2, 0) is 19.1 Å². The van der Waals surface area contributed by atoms with Crippen LogP contribution in [0.1, 0.15) is 12.8 Å². The number of fused-ring (bicyclic) bond motifs is 2. The van der Waals surface area contributed by atoms with Crippen molar-refractivity contribution in [3.05, 3.63) is 0 Å². The first-order valence-electron chi connectivity index (χ1n) is 4.61. The van der Waals surface area contributed by atoms with E-state index >= 15 is 0 Å². The van der Waals surface area contributed by atoms with Crippen LogP contribution in [-0.4, -0.2) is 36.4 Å². The highest BCUT2D eigenvalue weighted by atomic mass is 16.5. The lowest BCUT2D eigenvalue weighted by Gasteiger charge is -2.22. The van der Waals surface area contributed by atoms with Crippen molar-refractivity contribution in [2.45, 2.75) is 25.0 Å². The predicted molar refractivity (Wildman–Crippen MR) is 44.5 cm³/mol. The van der Waals surface area contributed by atoms with Crippen LogP contribution in [0.5, 0.6) is 0 Å². The third kappa shape index (κ3) is 1.19. The number of esters is 1. The molecule has 4 atom stereocenters. The molecule has 0 aromatic rings. The lowest BCUT2D eigenvalue weighted by molar-refractivity contribution is -0.156. The second-order valence-corrected chi connectivity index (χ2v) is 3.70. The van der Waals surface area contributed by atoms with Crippen LogP contribution in [0.4, 0.5) is 0 Å². The molecule has 5 heteroatoms. The van der Waals surface area contributed by atoms with Crippen LogP contribution in [0, 0.1) is 11.8 Å². The lowest BCUT2D eigenvalue weighted by Crippen LogP contribution is -2.38. The molecule has 14 heavy (non-hydrogen) atoms. The van der Waals surface area contributed by atoms with E-state index in [1.807, 2.05) is 0 Å². The topological polar surface area (TPSA) is 72.8 Å². The zero-order valence-corrected chi connectivity index (χ0v) is 7.80. The van der Waals surface area contributed by atoms with Gasteiger partial charge in [-0.2, -0.15) is 0 Å². The number of carbonyl (C=O) groups is 2. The summed E-state index contributed by atoms with van der Waals surface area (Å²) in [5.74, 6) is -2.77. The summed E-state index contributed by atoms with van der Waals surface area (Å²) in [4.78, 5) is 22.3. The van der Waals surface area contributed by atoms with Gasteiger partial charge in [0, 0.05) is 0 Å². The fourth-order valence-corrected chi connectivity index (χ4v) is 2.43. The first-order valence-corrected chi connectivity index (χ1v) is 4.61. The van der Waals surface area contributed by atoms with Crippen LogP contribution in [0.15, 0.2) is 0 Å². The van der Waals surface area contributed by atoms with E-state index in [9.17, 15) is 9.59 Å². The van der Waals surface area contributed by atoms with Gasteiger partial charge in [0.05, 0.1) is 31.2 Å². The molecular formula is C9H12O5. The molecule has 2 saturated heterocycles. The number of aliphatic carboxylic acids is 1. The Morgan fingerprint density at radius 2 is 1.86 bits per heavy atom. The number of rotatable bonds is 2. The van der Waals surface area contributed by atoms with E-state index in [2.05, 4.69) is 4.74 Å². The third-order valence-corrected chi connectivity index (χ3v) is 3.03. The highest BCUT2D eigenvalue weighted by Crippen LogP contribution is 2.43. The molecule has 2 fully saturated rings. The van der Waals surface area contributed by atoms with Crippen molar-refractivity contribution >= 4 is 11.9 Å². The van der Waals surface area contributed by atoms with Gasteiger partial charge in [0.25, 0.3) is 0 Å². The molecule has 0 amide bonds. The minimum Gasteiger partial charge on any atom is -0.481 e. The van der Waals surface area contributed by atoms with Gasteiger partial charge in [-0.05, 0) is 12.8 Å². The third-order valence-electron chi connectivity index (χ3n) is 3.03. The van der Waals surface area contributed by atoms with E-state index < -0.39 is 23.8 Å². The maximum atomic E-state index is 11.4. The summed E-state index contributed by atoms with van der Waals surface area (Å²) in [6.45, 7) is 0. The Morgan fingerprint density at radius 1 is 1.29 bits per heavy atom. The fourth-order valence-electron chi connectivity index (χ4n) is 2.43. The largest absolute Gasteiger partial charge is 0.481 e. The number of carboxylic acid groups (broad SMARTS) is 1. The van der Waals surface area contributed by atoms with Crippen molar-refractivity contribution in [2.24, 2.45) is 11.8 Å². The zero-order chi connectivity index (χ0) is 10.3.